The first-order chi connectivity index (χ1) is 9.68. The quantitative estimate of drug-likeness (QED) is 0.372. The summed E-state index contributed by atoms with van der Waals surface area (Å²) in [4.78, 5) is 24.3. The second-order valence-electron chi connectivity index (χ2n) is 6.74. The van der Waals surface area contributed by atoms with Gasteiger partial charge in [0.1, 0.15) is 0 Å². The van der Waals surface area contributed by atoms with Crippen LogP contribution in [0, 0.1) is 17.3 Å². The van der Waals surface area contributed by atoms with Gasteiger partial charge >= 0.3 is 11.9 Å². The minimum Gasteiger partial charge on any atom is -0.480 e. The standard InChI is InChI=1S/C17H32O4/c1-7-8-9-10-14(6)21-16(20)17(13(4)5,15(18)19)11-12(2)3/h12-14H,7-11H2,1-6H3,(H,18,19). The molecule has 2 atom stereocenters. The Morgan fingerprint density at radius 3 is 2.05 bits per heavy atom. The number of carboxylic acids is 1. The Morgan fingerprint density at radius 2 is 1.67 bits per heavy atom. The molecule has 0 spiro atoms. The molecule has 1 N–H and O–H groups in total. The molecule has 0 aromatic rings. The first kappa shape index (κ1) is 19.9. The summed E-state index contributed by atoms with van der Waals surface area (Å²) in [6.45, 7) is 11.4. The third-order valence-electron chi connectivity index (χ3n) is 3.98. The van der Waals surface area contributed by atoms with Crippen LogP contribution < -0.4 is 0 Å². The number of unbranched alkanes of at least 4 members (excludes halogenated alkanes) is 2. The molecule has 2 unspecified atom stereocenters. The number of carbonyl (C=O) groups is 2. The van der Waals surface area contributed by atoms with Crippen molar-refractivity contribution in [3.8, 4) is 0 Å². The van der Waals surface area contributed by atoms with Crippen molar-refractivity contribution in [3.63, 3.8) is 0 Å². The van der Waals surface area contributed by atoms with Crippen LogP contribution in [0.1, 0.15) is 73.6 Å². The van der Waals surface area contributed by atoms with E-state index in [9.17, 15) is 14.7 Å². The van der Waals surface area contributed by atoms with E-state index in [1.807, 2.05) is 20.8 Å². The van der Waals surface area contributed by atoms with E-state index in [-0.39, 0.29) is 17.9 Å². The molecule has 21 heavy (non-hydrogen) atoms. The lowest BCUT2D eigenvalue weighted by atomic mass is 9.71. The van der Waals surface area contributed by atoms with Crippen LogP contribution in [0.2, 0.25) is 0 Å². The molecule has 124 valence electrons. The van der Waals surface area contributed by atoms with E-state index in [4.69, 9.17) is 4.74 Å². The zero-order valence-electron chi connectivity index (χ0n) is 14.4. The SMILES string of the molecule is CCCCCC(C)OC(=O)C(CC(C)C)(C(=O)O)C(C)C. The monoisotopic (exact) mass is 300 g/mol. The van der Waals surface area contributed by atoms with Gasteiger partial charge in [0.25, 0.3) is 0 Å². The number of carbonyl (C=O) groups excluding carboxylic acids is 1. The smallest absolute Gasteiger partial charge is 0.324 e. The highest BCUT2D eigenvalue weighted by Gasteiger charge is 2.51. The first-order valence-electron chi connectivity index (χ1n) is 8.12. The molecule has 0 aliphatic heterocycles. The zero-order valence-corrected chi connectivity index (χ0v) is 14.4. The van der Waals surface area contributed by atoms with Crippen LogP contribution in [-0.2, 0) is 14.3 Å². The molecular weight excluding hydrogens is 268 g/mol. The van der Waals surface area contributed by atoms with Gasteiger partial charge in [0.2, 0.25) is 0 Å². The lowest BCUT2D eigenvalue weighted by molar-refractivity contribution is -0.177. The number of hydrogen-bond acceptors (Lipinski definition) is 3. The van der Waals surface area contributed by atoms with Crippen molar-refractivity contribution in [2.24, 2.45) is 17.3 Å². The molecule has 0 radical (unpaired) electrons. The molecule has 0 saturated carbocycles. The highest BCUT2D eigenvalue weighted by Crippen LogP contribution is 2.37. The van der Waals surface area contributed by atoms with Gasteiger partial charge in [0.05, 0.1) is 6.10 Å². The van der Waals surface area contributed by atoms with Crippen LogP contribution >= 0.6 is 0 Å². The van der Waals surface area contributed by atoms with Gasteiger partial charge in [-0.1, -0.05) is 47.5 Å². The second kappa shape index (κ2) is 9.06. The largest absolute Gasteiger partial charge is 0.480 e. The summed E-state index contributed by atoms with van der Waals surface area (Å²) in [5, 5.41) is 9.64. The van der Waals surface area contributed by atoms with Gasteiger partial charge in [-0.15, -0.1) is 0 Å². The summed E-state index contributed by atoms with van der Waals surface area (Å²) < 4.78 is 5.47. The van der Waals surface area contributed by atoms with Crippen molar-refractivity contribution in [2.75, 3.05) is 0 Å². The summed E-state index contributed by atoms with van der Waals surface area (Å²) in [6, 6.07) is 0. The van der Waals surface area contributed by atoms with E-state index >= 15 is 0 Å². The van der Waals surface area contributed by atoms with Crippen molar-refractivity contribution in [2.45, 2.75) is 79.8 Å². The maximum atomic E-state index is 12.5. The van der Waals surface area contributed by atoms with E-state index in [0.29, 0.717) is 6.42 Å². The van der Waals surface area contributed by atoms with E-state index in [0.717, 1.165) is 25.7 Å². The fourth-order valence-corrected chi connectivity index (χ4v) is 2.65. The number of ether oxygens (including phenoxy) is 1. The lowest BCUT2D eigenvalue weighted by Gasteiger charge is -2.33. The van der Waals surface area contributed by atoms with Gasteiger partial charge in [0, 0.05) is 0 Å². The lowest BCUT2D eigenvalue weighted by Crippen LogP contribution is -2.47. The molecule has 4 heteroatoms. The highest BCUT2D eigenvalue weighted by atomic mass is 16.5. The maximum absolute atomic E-state index is 12.5. The fourth-order valence-electron chi connectivity index (χ4n) is 2.65. The molecular formula is C17H32O4. The topological polar surface area (TPSA) is 63.6 Å². The van der Waals surface area contributed by atoms with Gasteiger partial charge in [0.15, 0.2) is 5.41 Å². The average Bonchev–Trinajstić information content (AvgIpc) is 2.34. The van der Waals surface area contributed by atoms with E-state index < -0.39 is 17.4 Å². The highest BCUT2D eigenvalue weighted by molar-refractivity contribution is 5.99. The number of rotatable bonds is 10. The summed E-state index contributed by atoms with van der Waals surface area (Å²) >= 11 is 0. The molecule has 0 rings (SSSR count). The Morgan fingerprint density at radius 1 is 1.10 bits per heavy atom. The summed E-state index contributed by atoms with van der Waals surface area (Å²) in [7, 11) is 0. The van der Waals surface area contributed by atoms with Crippen LogP contribution in [0.3, 0.4) is 0 Å². The molecule has 0 aromatic heterocycles. The minimum absolute atomic E-state index is 0.117. The molecule has 0 fully saturated rings. The van der Waals surface area contributed by atoms with Crippen molar-refractivity contribution in [3.05, 3.63) is 0 Å². The van der Waals surface area contributed by atoms with E-state index in [2.05, 4.69) is 6.92 Å². The summed E-state index contributed by atoms with van der Waals surface area (Å²) in [6.07, 6.45) is 4.07. The molecule has 0 bridgehead atoms. The van der Waals surface area contributed by atoms with Gasteiger partial charge in [-0.25, -0.2) is 0 Å². The predicted molar refractivity (Wildman–Crippen MR) is 84.1 cm³/mol. The molecule has 0 heterocycles. The van der Waals surface area contributed by atoms with E-state index in [1.165, 1.54) is 0 Å². The minimum atomic E-state index is -1.44. The van der Waals surface area contributed by atoms with Crippen LogP contribution in [0.5, 0.6) is 0 Å². The third kappa shape index (κ3) is 5.68. The molecule has 0 saturated heterocycles. The Labute approximate surface area is 129 Å². The van der Waals surface area contributed by atoms with Crippen LogP contribution in [0.15, 0.2) is 0 Å². The van der Waals surface area contributed by atoms with Gasteiger partial charge in [-0.2, -0.15) is 0 Å². The van der Waals surface area contributed by atoms with E-state index in [1.54, 1.807) is 13.8 Å². The maximum Gasteiger partial charge on any atom is 0.324 e. The Kier molecular flexibility index (Phi) is 8.60. The van der Waals surface area contributed by atoms with Crippen molar-refractivity contribution in [1.29, 1.82) is 0 Å². The number of aliphatic carboxylic acids is 1. The Balaban J connectivity index is 4.99. The average molecular weight is 300 g/mol. The van der Waals surface area contributed by atoms with Gasteiger partial charge < -0.3 is 9.84 Å². The molecule has 0 amide bonds. The van der Waals surface area contributed by atoms with Crippen LogP contribution in [0.25, 0.3) is 0 Å². The molecule has 0 aliphatic rings. The first-order valence-corrected chi connectivity index (χ1v) is 8.12. The van der Waals surface area contributed by atoms with Crippen LogP contribution in [-0.4, -0.2) is 23.1 Å². The molecule has 0 aliphatic carbocycles. The second-order valence-corrected chi connectivity index (χ2v) is 6.74. The van der Waals surface area contributed by atoms with Crippen molar-refractivity contribution < 1.29 is 19.4 Å². The van der Waals surface area contributed by atoms with Gasteiger partial charge in [-0.05, 0) is 38.0 Å². The van der Waals surface area contributed by atoms with Gasteiger partial charge in [-0.3, -0.25) is 9.59 Å². The third-order valence-corrected chi connectivity index (χ3v) is 3.98. The Bertz CT molecular complexity index is 336. The van der Waals surface area contributed by atoms with Crippen LogP contribution in [0.4, 0.5) is 0 Å². The number of esters is 1. The number of carboxylic acid groups (broad SMARTS) is 1. The fraction of sp³-hybridized carbons (Fsp3) is 0.882. The summed E-state index contributed by atoms with van der Waals surface area (Å²) in [5.41, 5.74) is -1.44. The Hall–Kier alpha value is -1.06. The predicted octanol–water partition coefficient (Wildman–Crippen LogP) is 4.27. The van der Waals surface area contributed by atoms with Crippen molar-refractivity contribution in [1.82, 2.24) is 0 Å². The van der Waals surface area contributed by atoms with Crippen molar-refractivity contribution >= 4 is 11.9 Å². The molecule has 4 nitrogen and oxygen atoms in total. The molecule has 0 aromatic carbocycles. The zero-order chi connectivity index (χ0) is 16.6. The summed E-state index contributed by atoms with van der Waals surface area (Å²) in [5.74, 6) is -1.83. The number of hydrogen-bond donors (Lipinski definition) is 1. The normalized spacial score (nSPS) is 15.8.